The zero-order valence-electron chi connectivity index (χ0n) is 15.9. The first-order valence-corrected chi connectivity index (χ1v) is 9.67. The minimum Gasteiger partial charge on any atom is -0.492 e. The van der Waals surface area contributed by atoms with Gasteiger partial charge in [0, 0.05) is 25.2 Å². The Labute approximate surface area is 171 Å². The van der Waals surface area contributed by atoms with Gasteiger partial charge in [-0.3, -0.25) is 9.69 Å². The van der Waals surface area contributed by atoms with Crippen molar-refractivity contribution in [2.24, 2.45) is 5.92 Å². The molecule has 0 radical (unpaired) electrons. The lowest BCUT2D eigenvalue weighted by Crippen LogP contribution is -2.40. The number of carbonyl (C=O) groups excluding carboxylic acids is 1. The summed E-state index contributed by atoms with van der Waals surface area (Å²) in [6, 6.07) is 14.1. The van der Waals surface area contributed by atoms with Crippen LogP contribution in [0.25, 0.3) is 0 Å². The molecule has 2 heterocycles. The first-order chi connectivity index (χ1) is 13.2. The normalized spacial score (nSPS) is 17.3. The van der Waals surface area contributed by atoms with Crippen molar-refractivity contribution >= 4 is 18.3 Å². The first kappa shape index (κ1) is 20.6. The molecule has 1 fully saturated rings. The molecule has 1 amide bonds. The third-order valence-electron chi connectivity index (χ3n) is 5.57. The van der Waals surface area contributed by atoms with E-state index < -0.39 is 0 Å². The van der Waals surface area contributed by atoms with Crippen molar-refractivity contribution in [3.8, 4) is 5.75 Å². The van der Waals surface area contributed by atoms with Crippen molar-refractivity contribution in [3.05, 3.63) is 65.5 Å². The molecule has 150 valence electrons. The monoisotopic (exact) mass is 404 g/mol. The minimum atomic E-state index is -0.246. The summed E-state index contributed by atoms with van der Waals surface area (Å²) < 4.78 is 18.6. The van der Waals surface area contributed by atoms with Crippen molar-refractivity contribution in [3.63, 3.8) is 0 Å². The van der Waals surface area contributed by atoms with Crippen molar-refractivity contribution in [2.45, 2.75) is 19.4 Å². The third-order valence-corrected chi connectivity index (χ3v) is 5.57. The molecule has 2 aromatic rings. The Bertz CT molecular complexity index is 791. The summed E-state index contributed by atoms with van der Waals surface area (Å²) in [5.41, 5.74) is 2.02. The minimum absolute atomic E-state index is 0. The van der Waals surface area contributed by atoms with E-state index in [1.165, 1.54) is 12.1 Å². The van der Waals surface area contributed by atoms with Crippen LogP contribution in [0.2, 0.25) is 0 Å². The second-order valence-corrected chi connectivity index (χ2v) is 7.43. The summed E-state index contributed by atoms with van der Waals surface area (Å²) >= 11 is 0. The van der Waals surface area contributed by atoms with Gasteiger partial charge >= 0.3 is 0 Å². The maximum Gasteiger partial charge on any atom is 0.254 e. The Kier molecular flexibility index (Phi) is 6.92. The van der Waals surface area contributed by atoms with E-state index in [1.54, 1.807) is 12.1 Å². The molecule has 0 bridgehead atoms. The van der Waals surface area contributed by atoms with Crippen LogP contribution >= 0.6 is 12.4 Å². The van der Waals surface area contributed by atoms with E-state index in [1.807, 2.05) is 23.1 Å². The Morgan fingerprint density at radius 1 is 1.04 bits per heavy atom. The van der Waals surface area contributed by atoms with Gasteiger partial charge in [0.25, 0.3) is 5.91 Å². The zero-order valence-corrected chi connectivity index (χ0v) is 16.7. The van der Waals surface area contributed by atoms with Gasteiger partial charge < -0.3 is 9.64 Å². The smallest absolute Gasteiger partial charge is 0.254 e. The van der Waals surface area contributed by atoms with E-state index in [2.05, 4.69) is 11.0 Å². The van der Waals surface area contributed by atoms with Crippen molar-refractivity contribution in [1.29, 1.82) is 0 Å². The second kappa shape index (κ2) is 9.39. The van der Waals surface area contributed by atoms with Crippen LogP contribution in [-0.4, -0.2) is 48.5 Å². The van der Waals surface area contributed by atoms with Gasteiger partial charge in [0.05, 0.1) is 0 Å². The molecule has 0 atom stereocenters. The molecule has 2 aromatic carbocycles. The van der Waals surface area contributed by atoms with Gasteiger partial charge in [0.15, 0.2) is 0 Å². The summed E-state index contributed by atoms with van der Waals surface area (Å²) in [5, 5.41) is 0. The molecular formula is C22H26ClFN2O2. The zero-order chi connectivity index (χ0) is 18.6. The molecule has 0 N–H and O–H groups in total. The largest absolute Gasteiger partial charge is 0.492 e. The molecule has 4 rings (SSSR count). The predicted octanol–water partition coefficient (Wildman–Crippen LogP) is 3.99. The Morgan fingerprint density at radius 3 is 2.46 bits per heavy atom. The third kappa shape index (κ3) is 4.83. The number of rotatable bonds is 6. The van der Waals surface area contributed by atoms with Crippen molar-refractivity contribution < 1.29 is 13.9 Å². The fourth-order valence-corrected chi connectivity index (χ4v) is 3.99. The topological polar surface area (TPSA) is 32.8 Å². The average Bonchev–Trinajstić information content (AvgIpc) is 3.01. The highest BCUT2D eigenvalue weighted by atomic mass is 35.5. The molecule has 4 nitrogen and oxygen atoms in total. The summed E-state index contributed by atoms with van der Waals surface area (Å²) in [4.78, 5) is 16.9. The van der Waals surface area contributed by atoms with Crippen LogP contribution in [0.15, 0.2) is 48.5 Å². The SMILES string of the molecule is Cl.O=C1c2ccccc2CN1CC1CCN(CCOc2ccc(F)cc2)CC1. The molecule has 2 aliphatic rings. The maximum absolute atomic E-state index is 12.9. The number of piperidine rings is 1. The van der Waals surface area contributed by atoms with Gasteiger partial charge in [-0.2, -0.15) is 0 Å². The molecule has 2 aliphatic heterocycles. The van der Waals surface area contributed by atoms with Gasteiger partial charge in [0.1, 0.15) is 18.2 Å². The van der Waals surface area contributed by atoms with Crippen LogP contribution < -0.4 is 4.74 Å². The lowest BCUT2D eigenvalue weighted by Gasteiger charge is -2.33. The summed E-state index contributed by atoms with van der Waals surface area (Å²) in [6.07, 6.45) is 2.22. The standard InChI is InChI=1S/C22H25FN2O2.ClH/c23-19-5-7-20(8-6-19)27-14-13-24-11-9-17(10-12-24)15-25-16-18-3-1-2-4-21(18)22(25)26;/h1-8,17H,9-16H2;1H. The number of hydrogen-bond acceptors (Lipinski definition) is 3. The molecule has 0 aromatic heterocycles. The predicted molar refractivity (Wildman–Crippen MR) is 109 cm³/mol. The molecule has 0 saturated carbocycles. The van der Waals surface area contributed by atoms with Crippen molar-refractivity contribution in [1.82, 2.24) is 9.80 Å². The van der Waals surface area contributed by atoms with E-state index in [0.717, 1.165) is 56.7 Å². The molecule has 28 heavy (non-hydrogen) atoms. The number of ether oxygens (including phenoxy) is 1. The number of likely N-dealkylation sites (tertiary alicyclic amines) is 1. The van der Waals surface area contributed by atoms with Gasteiger partial charge in [-0.25, -0.2) is 4.39 Å². The lowest BCUT2D eigenvalue weighted by atomic mass is 9.96. The molecule has 6 heteroatoms. The Morgan fingerprint density at radius 2 is 1.75 bits per heavy atom. The van der Waals surface area contributed by atoms with E-state index >= 15 is 0 Å². The number of benzene rings is 2. The number of amides is 1. The number of nitrogens with zero attached hydrogens (tertiary/aromatic N) is 2. The number of carbonyl (C=O) groups is 1. The lowest BCUT2D eigenvalue weighted by molar-refractivity contribution is 0.0708. The maximum atomic E-state index is 12.9. The molecule has 0 spiro atoms. The highest BCUT2D eigenvalue weighted by Crippen LogP contribution is 2.26. The number of halogens is 2. The first-order valence-electron chi connectivity index (χ1n) is 9.67. The summed E-state index contributed by atoms with van der Waals surface area (Å²) in [6.45, 7) is 5.15. The van der Waals surface area contributed by atoms with E-state index in [-0.39, 0.29) is 24.1 Å². The fraction of sp³-hybridized carbons (Fsp3) is 0.409. The average molecular weight is 405 g/mol. The molecule has 1 saturated heterocycles. The Hall–Kier alpha value is -2.11. The van der Waals surface area contributed by atoms with Crippen LogP contribution in [0.3, 0.4) is 0 Å². The Balaban J connectivity index is 0.00000225. The van der Waals surface area contributed by atoms with E-state index in [0.29, 0.717) is 18.3 Å². The second-order valence-electron chi connectivity index (χ2n) is 7.43. The van der Waals surface area contributed by atoms with Gasteiger partial charge in [-0.05, 0) is 67.7 Å². The van der Waals surface area contributed by atoms with Crippen LogP contribution in [-0.2, 0) is 6.54 Å². The molecular weight excluding hydrogens is 379 g/mol. The van der Waals surface area contributed by atoms with Crippen LogP contribution in [0, 0.1) is 11.7 Å². The quantitative estimate of drug-likeness (QED) is 0.729. The van der Waals surface area contributed by atoms with Crippen LogP contribution in [0.1, 0.15) is 28.8 Å². The van der Waals surface area contributed by atoms with E-state index in [4.69, 9.17) is 4.74 Å². The highest BCUT2D eigenvalue weighted by molar-refractivity contribution is 5.98. The van der Waals surface area contributed by atoms with Crippen LogP contribution in [0.4, 0.5) is 4.39 Å². The fourth-order valence-electron chi connectivity index (χ4n) is 3.99. The number of fused-ring (bicyclic) bond motifs is 1. The van der Waals surface area contributed by atoms with Gasteiger partial charge in [-0.1, -0.05) is 18.2 Å². The summed E-state index contributed by atoms with van der Waals surface area (Å²) in [5.74, 6) is 1.21. The van der Waals surface area contributed by atoms with Gasteiger partial charge in [0.2, 0.25) is 0 Å². The van der Waals surface area contributed by atoms with E-state index in [9.17, 15) is 9.18 Å². The number of hydrogen-bond donors (Lipinski definition) is 0. The van der Waals surface area contributed by atoms with Crippen LogP contribution in [0.5, 0.6) is 5.75 Å². The molecule has 0 aliphatic carbocycles. The highest BCUT2D eigenvalue weighted by Gasteiger charge is 2.29. The summed E-state index contributed by atoms with van der Waals surface area (Å²) in [7, 11) is 0. The van der Waals surface area contributed by atoms with Gasteiger partial charge in [-0.15, -0.1) is 12.4 Å². The molecule has 0 unspecified atom stereocenters. The van der Waals surface area contributed by atoms with Crippen molar-refractivity contribution in [2.75, 3.05) is 32.8 Å².